The van der Waals surface area contributed by atoms with Gasteiger partial charge < -0.3 is 10.2 Å². The van der Waals surface area contributed by atoms with Gasteiger partial charge in [0.05, 0.1) is 10.7 Å². The van der Waals surface area contributed by atoms with Crippen molar-refractivity contribution in [3.63, 3.8) is 0 Å². The fourth-order valence-electron chi connectivity index (χ4n) is 2.68. The number of aromatic nitrogens is 1. The molecular formula is C21H17Cl2N3O2. The van der Waals surface area contributed by atoms with Crippen LogP contribution < -0.4 is 5.32 Å². The summed E-state index contributed by atoms with van der Waals surface area (Å²) < 4.78 is 0. The van der Waals surface area contributed by atoms with Crippen molar-refractivity contribution in [3.05, 3.63) is 93.7 Å². The molecule has 3 rings (SSSR count). The first-order valence-electron chi connectivity index (χ1n) is 8.46. The molecule has 2 aromatic carbocycles. The van der Waals surface area contributed by atoms with E-state index >= 15 is 0 Å². The summed E-state index contributed by atoms with van der Waals surface area (Å²) in [6, 6.07) is 17.1. The van der Waals surface area contributed by atoms with Gasteiger partial charge in [-0.3, -0.25) is 14.6 Å². The van der Waals surface area contributed by atoms with Gasteiger partial charge in [0.25, 0.3) is 11.8 Å². The van der Waals surface area contributed by atoms with Gasteiger partial charge in [0.1, 0.15) is 5.69 Å². The van der Waals surface area contributed by atoms with Gasteiger partial charge in [-0.05, 0) is 42.0 Å². The third-order valence-corrected chi connectivity index (χ3v) is 4.61. The minimum absolute atomic E-state index is 0.190. The van der Waals surface area contributed by atoms with E-state index in [-0.39, 0.29) is 24.1 Å². The molecule has 3 aromatic rings. The monoisotopic (exact) mass is 413 g/mol. The number of carbonyl (C=O) groups excluding carboxylic acids is 2. The third-order valence-electron chi connectivity index (χ3n) is 4.06. The minimum atomic E-state index is -0.376. The Labute approximate surface area is 172 Å². The number of nitrogens with one attached hydrogen (secondary N) is 1. The fraction of sp³-hybridized carbons (Fsp3) is 0.0952. The molecule has 0 saturated carbocycles. The molecule has 2 amide bonds. The SMILES string of the molecule is CN(Cc1cccc(Cl)c1NC(=O)c1ccccn1)C(=O)c1cccc(Cl)c1. The standard InChI is InChI=1S/C21H17Cl2N3O2/c1-26(21(28)14-6-4-8-16(22)12-14)13-15-7-5-9-17(23)19(15)25-20(27)18-10-2-3-11-24-18/h2-12H,13H2,1H3,(H,25,27). The molecule has 142 valence electrons. The van der Waals surface area contributed by atoms with Crippen LogP contribution in [0.1, 0.15) is 26.4 Å². The molecule has 0 saturated heterocycles. The summed E-state index contributed by atoms with van der Waals surface area (Å²) in [7, 11) is 1.68. The molecule has 7 heteroatoms. The van der Waals surface area contributed by atoms with E-state index in [9.17, 15) is 9.59 Å². The van der Waals surface area contributed by atoms with Crippen molar-refractivity contribution in [2.24, 2.45) is 0 Å². The van der Waals surface area contributed by atoms with Gasteiger partial charge in [-0.2, -0.15) is 0 Å². The van der Waals surface area contributed by atoms with E-state index in [1.165, 1.54) is 4.90 Å². The molecule has 1 aromatic heterocycles. The predicted molar refractivity (Wildman–Crippen MR) is 111 cm³/mol. The Balaban J connectivity index is 1.81. The molecule has 0 fully saturated rings. The maximum Gasteiger partial charge on any atom is 0.274 e. The second kappa shape index (κ2) is 8.87. The third kappa shape index (κ3) is 4.68. The largest absolute Gasteiger partial charge is 0.337 e. The molecule has 0 radical (unpaired) electrons. The highest BCUT2D eigenvalue weighted by molar-refractivity contribution is 6.34. The smallest absolute Gasteiger partial charge is 0.274 e. The van der Waals surface area contributed by atoms with E-state index in [2.05, 4.69) is 10.3 Å². The van der Waals surface area contributed by atoms with Gasteiger partial charge in [0, 0.05) is 30.4 Å². The number of carbonyl (C=O) groups is 2. The maximum absolute atomic E-state index is 12.7. The zero-order chi connectivity index (χ0) is 20.1. The number of para-hydroxylation sites is 1. The second-order valence-electron chi connectivity index (χ2n) is 6.11. The fourth-order valence-corrected chi connectivity index (χ4v) is 3.12. The molecule has 1 heterocycles. The first kappa shape index (κ1) is 19.9. The van der Waals surface area contributed by atoms with Crippen LogP contribution in [0.15, 0.2) is 66.9 Å². The molecule has 28 heavy (non-hydrogen) atoms. The van der Waals surface area contributed by atoms with Crippen LogP contribution in [0.3, 0.4) is 0 Å². The van der Waals surface area contributed by atoms with Crippen LogP contribution in [0.4, 0.5) is 5.69 Å². The lowest BCUT2D eigenvalue weighted by atomic mass is 10.1. The van der Waals surface area contributed by atoms with E-state index in [0.717, 1.165) is 0 Å². The number of pyridine rings is 1. The lowest BCUT2D eigenvalue weighted by Crippen LogP contribution is -2.27. The molecule has 0 aliphatic carbocycles. The number of nitrogens with zero attached hydrogens (tertiary/aromatic N) is 2. The first-order chi connectivity index (χ1) is 13.5. The van der Waals surface area contributed by atoms with Crippen LogP contribution in [0.5, 0.6) is 0 Å². The van der Waals surface area contributed by atoms with Crippen LogP contribution >= 0.6 is 23.2 Å². The highest BCUT2D eigenvalue weighted by atomic mass is 35.5. The van der Waals surface area contributed by atoms with Crippen LogP contribution in [-0.2, 0) is 6.54 Å². The quantitative estimate of drug-likeness (QED) is 0.645. The van der Waals surface area contributed by atoms with E-state index in [0.29, 0.717) is 26.9 Å². The number of anilines is 1. The molecule has 1 N–H and O–H groups in total. The number of amides is 2. The van der Waals surface area contributed by atoms with Crippen molar-refractivity contribution >= 4 is 40.7 Å². The van der Waals surface area contributed by atoms with E-state index < -0.39 is 0 Å². The Bertz CT molecular complexity index is 1010. The van der Waals surface area contributed by atoms with Crippen LogP contribution in [0.2, 0.25) is 10.0 Å². The lowest BCUT2D eigenvalue weighted by molar-refractivity contribution is 0.0785. The van der Waals surface area contributed by atoms with E-state index in [4.69, 9.17) is 23.2 Å². The number of hydrogen-bond acceptors (Lipinski definition) is 3. The number of halogens is 2. The Morgan fingerprint density at radius 2 is 1.82 bits per heavy atom. The van der Waals surface area contributed by atoms with Crippen molar-refractivity contribution < 1.29 is 9.59 Å². The number of benzene rings is 2. The maximum atomic E-state index is 12.7. The van der Waals surface area contributed by atoms with Crippen molar-refractivity contribution in [1.29, 1.82) is 0 Å². The Morgan fingerprint density at radius 1 is 1.04 bits per heavy atom. The molecule has 0 aliphatic rings. The van der Waals surface area contributed by atoms with Crippen molar-refractivity contribution in [2.75, 3.05) is 12.4 Å². The van der Waals surface area contributed by atoms with Gasteiger partial charge in [-0.25, -0.2) is 0 Å². The normalized spacial score (nSPS) is 10.4. The van der Waals surface area contributed by atoms with Gasteiger partial charge in [-0.15, -0.1) is 0 Å². The van der Waals surface area contributed by atoms with Gasteiger partial charge in [-0.1, -0.05) is 47.5 Å². The molecule has 0 aliphatic heterocycles. The summed E-state index contributed by atoms with van der Waals surface area (Å²) in [5.74, 6) is -0.566. The Morgan fingerprint density at radius 3 is 2.54 bits per heavy atom. The molecule has 0 spiro atoms. The van der Waals surface area contributed by atoms with E-state index in [1.54, 1.807) is 67.8 Å². The summed E-state index contributed by atoms with van der Waals surface area (Å²) >= 11 is 12.3. The van der Waals surface area contributed by atoms with Gasteiger partial charge in [0.15, 0.2) is 0 Å². The molecule has 0 bridgehead atoms. The topological polar surface area (TPSA) is 62.3 Å². The average molecular weight is 414 g/mol. The minimum Gasteiger partial charge on any atom is -0.337 e. The van der Waals surface area contributed by atoms with Crippen LogP contribution in [-0.4, -0.2) is 28.7 Å². The Hall–Kier alpha value is -2.89. The molecule has 5 nitrogen and oxygen atoms in total. The van der Waals surface area contributed by atoms with Crippen LogP contribution in [0, 0.1) is 0 Å². The Kier molecular flexibility index (Phi) is 6.29. The van der Waals surface area contributed by atoms with Crippen molar-refractivity contribution in [2.45, 2.75) is 6.54 Å². The van der Waals surface area contributed by atoms with E-state index in [1.807, 2.05) is 6.07 Å². The van der Waals surface area contributed by atoms with Crippen molar-refractivity contribution in [1.82, 2.24) is 9.88 Å². The number of hydrogen-bond donors (Lipinski definition) is 1. The summed E-state index contributed by atoms with van der Waals surface area (Å²) in [6.07, 6.45) is 1.54. The summed E-state index contributed by atoms with van der Waals surface area (Å²) in [4.78, 5) is 30.7. The average Bonchev–Trinajstić information content (AvgIpc) is 2.70. The van der Waals surface area contributed by atoms with Gasteiger partial charge in [0.2, 0.25) is 0 Å². The van der Waals surface area contributed by atoms with Crippen molar-refractivity contribution in [3.8, 4) is 0 Å². The lowest BCUT2D eigenvalue weighted by Gasteiger charge is -2.20. The molecular weight excluding hydrogens is 397 g/mol. The summed E-state index contributed by atoms with van der Waals surface area (Å²) in [5, 5.41) is 3.67. The second-order valence-corrected chi connectivity index (χ2v) is 6.96. The first-order valence-corrected chi connectivity index (χ1v) is 9.22. The summed E-state index contributed by atoms with van der Waals surface area (Å²) in [6.45, 7) is 0.254. The highest BCUT2D eigenvalue weighted by Crippen LogP contribution is 2.28. The highest BCUT2D eigenvalue weighted by Gasteiger charge is 2.17. The van der Waals surface area contributed by atoms with Gasteiger partial charge >= 0.3 is 0 Å². The van der Waals surface area contributed by atoms with Crippen LogP contribution in [0.25, 0.3) is 0 Å². The molecule has 0 atom stereocenters. The zero-order valence-electron chi connectivity index (χ0n) is 15.0. The molecule has 0 unspecified atom stereocenters. The zero-order valence-corrected chi connectivity index (χ0v) is 16.5. The predicted octanol–water partition coefficient (Wildman–Crippen LogP) is 4.91. The summed E-state index contributed by atoms with van der Waals surface area (Å²) in [5.41, 5.74) is 1.91. The number of rotatable bonds is 5.